The summed E-state index contributed by atoms with van der Waals surface area (Å²) >= 11 is 5.97. The number of fused-ring (bicyclic) bond motifs is 2. The first kappa shape index (κ1) is 18.7. The molecule has 0 unspecified atom stereocenters. The van der Waals surface area contributed by atoms with Crippen molar-refractivity contribution in [3.05, 3.63) is 50.9 Å². The molecule has 4 aliphatic rings. The Bertz CT molecular complexity index is 800. The van der Waals surface area contributed by atoms with Gasteiger partial charge in [-0.3, -0.25) is 0 Å². The summed E-state index contributed by atoms with van der Waals surface area (Å²) in [5.41, 5.74) is 1.30. The Morgan fingerprint density at radius 2 is 1.96 bits per heavy atom. The second-order valence-electron chi connectivity index (χ2n) is 8.76. The molecule has 0 radical (unpaired) electrons. The molecule has 1 heterocycles. The molecule has 1 aliphatic heterocycles. The van der Waals surface area contributed by atoms with Gasteiger partial charge in [0.05, 0.1) is 16.9 Å². The van der Waals surface area contributed by atoms with Crippen molar-refractivity contribution < 1.29 is 14.5 Å². The second kappa shape index (κ2) is 6.73. The molecule has 5 rings (SSSR count). The Balaban J connectivity index is 1.50. The molecule has 0 aromatic heterocycles. The quantitative estimate of drug-likeness (QED) is 0.679. The number of hydrogen-bond acceptors (Lipinski definition) is 3. The van der Waals surface area contributed by atoms with Crippen molar-refractivity contribution in [3.63, 3.8) is 0 Å². The first-order chi connectivity index (χ1) is 12.8. The van der Waals surface area contributed by atoms with Crippen LogP contribution in [0, 0.1) is 28.1 Å². The highest BCUT2D eigenvalue weighted by Crippen LogP contribution is 2.62. The summed E-state index contributed by atoms with van der Waals surface area (Å²) in [6.45, 7) is 6.94. The van der Waals surface area contributed by atoms with Crippen molar-refractivity contribution in [3.8, 4) is 0 Å². The molecule has 0 amide bonds. The SMILES string of the molecule is C[C@@H]1[C@H]2C[C@@H](C[C@H]1O[C@@H]1C[C@@H](c3ccc(Cl)cc3)C(=C=[N-])[N+](=O)O1)C2(C)C. The molecule has 0 spiro atoms. The van der Waals surface area contributed by atoms with E-state index in [4.69, 9.17) is 21.2 Å². The molecule has 4 fully saturated rings. The summed E-state index contributed by atoms with van der Waals surface area (Å²) in [4.78, 5) is 18.0. The molecule has 144 valence electrons. The largest absolute Gasteiger partial charge is 0.758 e. The summed E-state index contributed by atoms with van der Waals surface area (Å²) < 4.78 is 6.26. The van der Waals surface area contributed by atoms with Crippen LogP contribution in [0.5, 0.6) is 0 Å². The van der Waals surface area contributed by atoms with E-state index in [-0.39, 0.29) is 17.7 Å². The van der Waals surface area contributed by atoms with E-state index < -0.39 is 6.29 Å². The third-order valence-corrected chi connectivity index (χ3v) is 7.42. The summed E-state index contributed by atoms with van der Waals surface area (Å²) in [7, 11) is 0. The maximum absolute atomic E-state index is 12.3. The molecule has 2 bridgehead atoms. The molecule has 27 heavy (non-hydrogen) atoms. The van der Waals surface area contributed by atoms with E-state index in [0.29, 0.717) is 39.5 Å². The predicted molar refractivity (Wildman–Crippen MR) is 103 cm³/mol. The highest BCUT2D eigenvalue weighted by atomic mass is 35.5. The fourth-order valence-electron chi connectivity index (χ4n) is 5.30. The van der Waals surface area contributed by atoms with E-state index in [1.54, 1.807) is 12.1 Å². The lowest BCUT2D eigenvalue weighted by Gasteiger charge is -2.61. The van der Waals surface area contributed by atoms with Crippen LogP contribution in [-0.4, -0.2) is 23.2 Å². The highest BCUT2D eigenvalue weighted by molar-refractivity contribution is 6.30. The Morgan fingerprint density at radius 3 is 2.56 bits per heavy atom. The fourth-order valence-corrected chi connectivity index (χ4v) is 5.43. The van der Waals surface area contributed by atoms with Crippen LogP contribution in [0.15, 0.2) is 30.0 Å². The van der Waals surface area contributed by atoms with E-state index in [0.717, 1.165) is 12.0 Å². The van der Waals surface area contributed by atoms with Gasteiger partial charge in [-0.15, -0.1) is 0 Å². The first-order valence-corrected chi connectivity index (χ1v) is 10.0. The number of allylic oxidation sites excluding steroid dienone is 1. The topological polar surface area (TPSA) is 60.8 Å². The summed E-state index contributed by atoms with van der Waals surface area (Å²) in [5.74, 6) is 3.40. The average molecular weight is 389 g/mol. The van der Waals surface area contributed by atoms with Gasteiger partial charge < -0.3 is 10.1 Å². The molecule has 0 N–H and O–H groups in total. The summed E-state index contributed by atoms with van der Waals surface area (Å²) in [6, 6.07) is 7.24. The van der Waals surface area contributed by atoms with Crippen molar-refractivity contribution in [2.24, 2.45) is 23.2 Å². The molecule has 3 aliphatic carbocycles. The summed E-state index contributed by atoms with van der Waals surface area (Å²) in [5, 5.41) is 10.0. The van der Waals surface area contributed by atoms with Crippen molar-refractivity contribution in [2.45, 2.75) is 58.3 Å². The molecule has 1 aromatic carbocycles. The van der Waals surface area contributed by atoms with Crippen LogP contribution in [0.1, 0.15) is 51.5 Å². The van der Waals surface area contributed by atoms with E-state index in [1.165, 1.54) is 6.42 Å². The van der Waals surface area contributed by atoms with Gasteiger partial charge in [0, 0.05) is 11.4 Å². The van der Waals surface area contributed by atoms with Crippen LogP contribution >= 0.6 is 11.6 Å². The molecule has 1 aromatic rings. The molecular weight excluding hydrogens is 364 g/mol. The van der Waals surface area contributed by atoms with Gasteiger partial charge in [-0.25, -0.2) is 0 Å². The van der Waals surface area contributed by atoms with Gasteiger partial charge in [-0.05, 0) is 53.7 Å². The Hall–Kier alpha value is -1.68. The Labute approximate surface area is 164 Å². The Kier molecular flexibility index (Phi) is 4.66. The van der Waals surface area contributed by atoms with Gasteiger partial charge >= 0.3 is 5.70 Å². The van der Waals surface area contributed by atoms with Crippen molar-refractivity contribution in [1.82, 2.24) is 0 Å². The molecular formula is C21H25ClN2O3. The van der Waals surface area contributed by atoms with Gasteiger partial charge in [-0.2, -0.15) is 10.7 Å². The zero-order chi connectivity index (χ0) is 19.3. The van der Waals surface area contributed by atoms with E-state index in [2.05, 4.69) is 20.8 Å². The average Bonchev–Trinajstić information content (AvgIpc) is 2.63. The van der Waals surface area contributed by atoms with Gasteiger partial charge in [0.25, 0.3) is 11.2 Å². The van der Waals surface area contributed by atoms with Gasteiger partial charge in [0.2, 0.25) is 0 Å². The smallest absolute Gasteiger partial charge is 0.320 e. The molecule has 5 nitrogen and oxygen atoms in total. The lowest BCUT2D eigenvalue weighted by molar-refractivity contribution is -0.801. The van der Waals surface area contributed by atoms with Gasteiger partial charge in [0.15, 0.2) is 0 Å². The third-order valence-electron chi connectivity index (χ3n) is 7.17. The molecule has 6 atom stereocenters. The van der Waals surface area contributed by atoms with E-state index in [1.807, 2.05) is 18.0 Å². The van der Waals surface area contributed by atoms with Crippen molar-refractivity contribution in [2.75, 3.05) is 0 Å². The normalized spacial score (nSPS) is 37.2. The predicted octanol–water partition coefficient (Wildman–Crippen LogP) is 5.07. The fraction of sp³-hybridized carbons (Fsp3) is 0.619. The number of benzene rings is 1. The molecule has 3 saturated carbocycles. The minimum absolute atomic E-state index is 0.0536. The monoisotopic (exact) mass is 388 g/mol. The third kappa shape index (κ3) is 3.12. The molecule has 1 saturated heterocycles. The second-order valence-corrected chi connectivity index (χ2v) is 9.20. The maximum atomic E-state index is 12.3. The highest BCUT2D eigenvalue weighted by Gasteiger charge is 2.57. The lowest BCUT2D eigenvalue weighted by Crippen LogP contribution is -2.58. The van der Waals surface area contributed by atoms with Crippen molar-refractivity contribution >= 4 is 17.5 Å². The van der Waals surface area contributed by atoms with E-state index >= 15 is 0 Å². The standard InChI is InChI=1S/C21H25ClN2O3/c1-12-17-8-14(21(17,2)3)9-19(12)26-20-10-16(18(11-23)24(25)27-20)13-4-6-15(22)7-5-13/h4-7,12,14,16-17,19-20H,8-10H2,1-3H3/t12-,14+,16+,17-,19-,20+/m1/s1. The van der Waals surface area contributed by atoms with Crippen LogP contribution in [0.3, 0.4) is 0 Å². The van der Waals surface area contributed by atoms with Gasteiger partial charge in [-0.1, -0.05) is 44.5 Å². The number of rotatable bonds is 3. The van der Waals surface area contributed by atoms with Crippen LogP contribution in [0.2, 0.25) is 5.02 Å². The number of hydrogen-bond donors (Lipinski definition) is 0. The lowest BCUT2D eigenvalue weighted by atomic mass is 9.45. The minimum Gasteiger partial charge on any atom is -0.758 e. The molecule has 6 heteroatoms. The van der Waals surface area contributed by atoms with Crippen LogP contribution < -0.4 is 0 Å². The van der Waals surface area contributed by atoms with Crippen molar-refractivity contribution in [1.29, 1.82) is 0 Å². The van der Waals surface area contributed by atoms with Crippen LogP contribution in [0.4, 0.5) is 0 Å². The van der Waals surface area contributed by atoms with Crippen LogP contribution in [0.25, 0.3) is 5.41 Å². The number of ether oxygens (including phenoxy) is 1. The zero-order valence-corrected chi connectivity index (χ0v) is 16.6. The minimum atomic E-state index is -0.645. The van der Waals surface area contributed by atoms with Crippen LogP contribution in [-0.2, 0) is 9.57 Å². The number of nitrogens with zero attached hydrogens (tertiary/aromatic N) is 2. The Morgan fingerprint density at radius 1 is 1.26 bits per heavy atom. The van der Waals surface area contributed by atoms with E-state index in [9.17, 15) is 10.3 Å². The number of halogens is 1. The first-order valence-electron chi connectivity index (χ1n) is 9.63. The summed E-state index contributed by atoms with van der Waals surface area (Å²) in [6.07, 6.45) is 2.17. The maximum Gasteiger partial charge on any atom is 0.320 e. The van der Waals surface area contributed by atoms with Gasteiger partial charge in [0.1, 0.15) is 0 Å². The zero-order valence-electron chi connectivity index (χ0n) is 15.9.